The van der Waals surface area contributed by atoms with Crippen molar-refractivity contribution >= 4 is 5.97 Å². The van der Waals surface area contributed by atoms with Gasteiger partial charge in [0.1, 0.15) is 0 Å². The number of ether oxygens (including phenoxy) is 1. The van der Waals surface area contributed by atoms with Crippen LogP contribution in [0, 0.1) is 6.92 Å². The van der Waals surface area contributed by atoms with E-state index in [1.54, 1.807) is 0 Å². The Morgan fingerprint density at radius 3 is 2.07 bits per heavy atom. The maximum Gasteiger partial charge on any atom is 0.305 e. The molecular weight excluding hydrogens is 188 g/mol. The van der Waals surface area contributed by atoms with Gasteiger partial charge in [-0.1, -0.05) is 58.8 Å². The van der Waals surface area contributed by atoms with Crippen molar-refractivity contribution in [2.24, 2.45) is 0 Å². The Hall–Kier alpha value is -0.530. The SMILES string of the molecule is [CH2]CCCCCCCCCOC(=O)CC. The summed E-state index contributed by atoms with van der Waals surface area (Å²) in [7, 11) is 0. The first-order valence-corrected chi connectivity index (χ1v) is 6.26. The summed E-state index contributed by atoms with van der Waals surface area (Å²) in [6.45, 7) is 6.25. The van der Waals surface area contributed by atoms with E-state index in [1.165, 1.54) is 38.5 Å². The number of rotatable bonds is 10. The Morgan fingerprint density at radius 1 is 1.00 bits per heavy atom. The Kier molecular flexibility index (Phi) is 11.1. The van der Waals surface area contributed by atoms with Gasteiger partial charge in [0, 0.05) is 6.42 Å². The lowest BCUT2D eigenvalue weighted by molar-refractivity contribution is -0.143. The number of hydrogen-bond donors (Lipinski definition) is 0. The van der Waals surface area contributed by atoms with Crippen molar-refractivity contribution in [2.45, 2.75) is 64.7 Å². The van der Waals surface area contributed by atoms with Gasteiger partial charge >= 0.3 is 5.97 Å². The molecule has 89 valence electrons. The summed E-state index contributed by atoms with van der Waals surface area (Å²) in [5.74, 6) is -0.0783. The third kappa shape index (κ3) is 11.4. The molecule has 0 bridgehead atoms. The molecule has 2 nitrogen and oxygen atoms in total. The van der Waals surface area contributed by atoms with Crippen LogP contribution in [0.5, 0.6) is 0 Å². The second kappa shape index (κ2) is 11.5. The second-order valence-corrected chi connectivity index (χ2v) is 3.90. The zero-order valence-corrected chi connectivity index (χ0v) is 10.1. The summed E-state index contributed by atoms with van der Waals surface area (Å²) in [5, 5.41) is 0. The third-order valence-corrected chi connectivity index (χ3v) is 2.45. The molecule has 0 rings (SSSR count). The summed E-state index contributed by atoms with van der Waals surface area (Å²) >= 11 is 0. The van der Waals surface area contributed by atoms with E-state index in [1.807, 2.05) is 6.92 Å². The summed E-state index contributed by atoms with van der Waals surface area (Å²) < 4.78 is 4.99. The highest BCUT2D eigenvalue weighted by Crippen LogP contribution is 2.08. The van der Waals surface area contributed by atoms with Gasteiger partial charge in [0.05, 0.1) is 6.61 Å². The fourth-order valence-electron chi connectivity index (χ4n) is 1.45. The van der Waals surface area contributed by atoms with Gasteiger partial charge in [-0.2, -0.15) is 0 Å². The minimum atomic E-state index is -0.0783. The molecule has 15 heavy (non-hydrogen) atoms. The lowest BCUT2D eigenvalue weighted by Crippen LogP contribution is -2.03. The molecule has 0 atom stereocenters. The van der Waals surface area contributed by atoms with Gasteiger partial charge in [0.15, 0.2) is 0 Å². The van der Waals surface area contributed by atoms with E-state index < -0.39 is 0 Å². The molecule has 0 fully saturated rings. The maximum atomic E-state index is 10.8. The van der Waals surface area contributed by atoms with Crippen LogP contribution < -0.4 is 0 Å². The van der Waals surface area contributed by atoms with Gasteiger partial charge in [0.2, 0.25) is 0 Å². The van der Waals surface area contributed by atoms with Gasteiger partial charge in [-0.15, -0.1) is 0 Å². The first-order valence-electron chi connectivity index (χ1n) is 6.26. The van der Waals surface area contributed by atoms with Crippen molar-refractivity contribution in [2.75, 3.05) is 6.61 Å². The Bertz CT molecular complexity index is 143. The molecule has 0 aromatic heterocycles. The van der Waals surface area contributed by atoms with Gasteiger partial charge < -0.3 is 4.74 Å². The van der Waals surface area contributed by atoms with Crippen LogP contribution in [-0.2, 0) is 9.53 Å². The third-order valence-electron chi connectivity index (χ3n) is 2.45. The minimum Gasteiger partial charge on any atom is -0.466 e. The number of hydrogen-bond acceptors (Lipinski definition) is 2. The van der Waals surface area contributed by atoms with Crippen LogP contribution in [0.25, 0.3) is 0 Å². The van der Waals surface area contributed by atoms with Crippen molar-refractivity contribution in [3.8, 4) is 0 Å². The van der Waals surface area contributed by atoms with Gasteiger partial charge in [-0.3, -0.25) is 4.79 Å². The fourth-order valence-corrected chi connectivity index (χ4v) is 1.45. The fraction of sp³-hybridized carbons (Fsp3) is 0.846. The lowest BCUT2D eigenvalue weighted by Gasteiger charge is -2.03. The highest BCUT2D eigenvalue weighted by molar-refractivity contribution is 5.68. The van der Waals surface area contributed by atoms with Crippen molar-refractivity contribution in [1.82, 2.24) is 0 Å². The van der Waals surface area contributed by atoms with E-state index in [-0.39, 0.29) is 5.97 Å². The van der Waals surface area contributed by atoms with Gasteiger partial charge in [-0.05, 0) is 6.42 Å². The van der Waals surface area contributed by atoms with Crippen LogP contribution >= 0.6 is 0 Å². The smallest absolute Gasteiger partial charge is 0.305 e. The molecule has 0 saturated carbocycles. The van der Waals surface area contributed by atoms with Gasteiger partial charge in [0.25, 0.3) is 0 Å². The molecule has 0 N–H and O–H groups in total. The molecule has 0 spiro atoms. The predicted octanol–water partition coefficient (Wildman–Crippen LogP) is 3.89. The van der Waals surface area contributed by atoms with E-state index in [4.69, 9.17) is 4.74 Å². The maximum absolute atomic E-state index is 10.8. The quantitative estimate of drug-likeness (QED) is 0.406. The molecule has 0 aliphatic rings. The van der Waals surface area contributed by atoms with Crippen LogP contribution in [0.2, 0.25) is 0 Å². The minimum absolute atomic E-state index is 0.0783. The van der Waals surface area contributed by atoms with Crippen molar-refractivity contribution in [3.05, 3.63) is 6.92 Å². The average molecular weight is 213 g/mol. The van der Waals surface area contributed by atoms with Crippen molar-refractivity contribution in [1.29, 1.82) is 0 Å². The molecular formula is C13H25O2. The number of unbranched alkanes of at least 4 members (excludes halogenated alkanes) is 7. The van der Waals surface area contributed by atoms with Crippen molar-refractivity contribution in [3.63, 3.8) is 0 Å². The van der Waals surface area contributed by atoms with E-state index in [9.17, 15) is 4.79 Å². The Balaban J connectivity index is 2.95. The summed E-state index contributed by atoms with van der Waals surface area (Å²) in [5.41, 5.74) is 0. The molecule has 0 amide bonds. The average Bonchev–Trinajstić information content (AvgIpc) is 2.26. The highest BCUT2D eigenvalue weighted by atomic mass is 16.5. The number of carbonyl (C=O) groups is 1. The van der Waals surface area contributed by atoms with Crippen LogP contribution in [0.15, 0.2) is 0 Å². The Morgan fingerprint density at radius 2 is 1.53 bits per heavy atom. The summed E-state index contributed by atoms with van der Waals surface area (Å²) in [6, 6.07) is 0. The summed E-state index contributed by atoms with van der Waals surface area (Å²) in [4.78, 5) is 10.8. The van der Waals surface area contributed by atoms with Crippen LogP contribution in [0.1, 0.15) is 64.7 Å². The van der Waals surface area contributed by atoms with E-state index in [0.717, 1.165) is 12.8 Å². The molecule has 0 saturated heterocycles. The first-order chi connectivity index (χ1) is 7.31. The predicted molar refractivity (Wildman–Crippen MR) is 63.5 cm³/mol. The second-order valence-electron chi connectivity index (χ2n) is 3.90. The van der Waals surface area contributed by atoms with Crippen LogP contribution in [-0.4, -0.2) is 12.6 Å². The monoisotopic (exact) mass is 213 g/mol. The lowest BCUT2D eigenvalue weighted by atomic mass is 10.1. The van der Waals surface area contributed by atoms with Crippen LogP contribution in [0.4, 0.5) is 0 Å². The molecule has 0 aromatic carbocycles. The first kappa shape index (κ1) is 14.5. The molecule has 0 heterocycles. The zero-order valence-electron chi connectivity index (χ0n) is 10.1. The zero-order chi connectivity index (χ0) is 11.4. The highest BCUT2D eigenvalue weighted by Gasteiger charge is 1.97. The van der Waals surface area contributed by atoms with E-state index in [0.29, 0.717) is 13.0 Å². The molecule has 0 aromatic rings. The van der Waals surface area contributed by atoms with Crippen LogP contribution in [0.3, 0.4) is 0 Å². The van der Waals surface area contributed by atoms with Gasteiger partial charge in [-0.25, -0.2) is 0 Å². The standard InChI is InChI=1S/C13H25O2/c1-3-5-6-7-8-9-10-11-12-15-13(14)4-2/h1,3-12H2,2H3. The molecule has 0 unspecified atom stereocenters. The number of esters is 1. The molecule has 2 heteroatoms. The topological polar surface area (TPSA) is 26.3 Å². The van der Waals surface area contributed by atoms with E-state index in [2.05, 4.69) is 6.92 Å². The normalized spacial score (nSPS) is 10.3. The molecule has 0 aliphatic carbocycles. The largest absolute Gasteiger partial charge is 0.466 e. The van der Waals surface area contributed by atoms with E-state index >= 15 is 0 Å². The van der Waals surface area contributed by atoms with Crippen molar-refractivity contribution < 1.29 is 9.53 Å². The molecule has 0 aliphatic heterocycles. The Labute approximate surface area is 94.4 Å². The number of carbonyl (C=O) groups excluding carboxylic acids is 1. The summed E-state index contributed by atoms with van der Waals surface area (Å²) in [6.07, 6.45) is 10.2. The molecule has 1 radical (unpaired) electrons.